The number of hydrogen-bond acceptors (Lipinski definition) is 3. The predicted molar refractivity (Wildman–Crippen MR) is 84.2 cm³/mol. The number of fused-ring (bicyclic) bond motifs is 7. The maximum Gasteiger partial charge on any atom is 0.174 e. The zero-order valence-electron chi connectivity index (χ0n) is 11.0. The Balaban J connectivity index is 2.21. The minimum Gasteiger partial charge on any atom is -0.259 e. The van der Waals surface area contributed by atoms with Gasteiger partial charge in [0.25, 0.3) is 0 Å². The Hall–Kier alpha value is -3.01. The van der Waals surface area contributed by atoms with E-state index in [0.717, 1.165) is 33.0 Å². The second-order valence-electron chi connectivity index (χ2n) is 5.12. The van der Waals surface area contributed by atoms with E-state index < -0.39 is 0 Å². The summed E-state index contributed by atoms with van der Waals surface area (Å²) in [4.78, 5) is 9.50. The lowest BCUT2D eigenvalue weighted by Gasteiger charge is -2.08. The second-order valence-corrected chi connectivity index (χ2v) is 5.12. The summed E-state index contributed by atoms with van der Waals surface area (Å²) in [6, 6.07) is 16.7. The van der Waals surface area contributed by atoms with Gasteiger partial charge >= 0.3 is 0 Å². The first kappa shape index (κ1) is 10.7. The van der Waals surface area contributed by atoms with Crippen LogP contribution in [0, 0.1) is 0 Å². The first-order chi connectivity index (χ1) is 10.4. The molecule has 3 aromatic carbocycles. The lowest BCUT2D eigenvalue weighted by Crippen LogP contribution is -1.90. The molecular formula is C17H10N4. The fraction of sp³-hybridized carbons (Fsp3) is 0. The Bertz CT molecular complexity index is 1050. The molecule has 5 aromatic rings. The van der Waals surface area contributed by atoms with Crippen LogP contribution in [0.1, 0.15) is 0 Å². The Morgan fingerprint density at radius 1 is 0.667 bits per heavy atom. The summed E-state index contributed by atoms with van der Waals surface area (Å²) in [6.45, 7) is 0. The largest absolute Gasteiger partial charge is 0.259 e. The molecule has 0 aliphatic rings. The van der Waals surface area contributed by atoms with Crippen LogP contribution in [-0.4, -0.2) is 20.2 Å². The van der Waals surface area contributed by atoms with Crippen molar-refractivity contribution in [1.82, 2.24) is 20.2 Å². The zero-order chi connectivity index (χ0) is 13.8. The number of aromatic nitrogens is 4. The van der Waals surface area contributed by atoms with E-state index in [9.17, 15) is 0 Å². The number of aromatic amines is 1. The molecule has 0 amide bonds. The molecule has 0 aliphatic heterocycles. The van der Waals surface area contributed by atoms with E-state index in [1.807, 2.05) is 12.1 Å². The van der Waals surface area contributed by atoms with Crippen LogP contribution < -0.4 is 0 Å². The van der Waals surface area contributed by atoms with E-state index in [-0.39, 0.29) is 0 Å². The highest BCUT2D eigenvalue weighted by atomic mass is 15.1. The van der Waals surface area contributed by atoms with Crippen LogP contribution in [0.4, 0.5) is 0 Å². The van der Waals surface area contributed by atoms with Crippen molar-refractivity contribution in [2.45, 2.75) is 0 Å². The molecule has 2 heterocycles. The molecule has 21 heavy (non-hydrogen) atoms. The first-order valence-corrected chi connectivity index (χ1v) is 6.82. The van der Waals surface area contributed by atoms with Crippen molar-refractivity contribution in [2.24, 2.45) is 0 Å². The molecule has 0 bridgehead atoms. The van der Waals surface area contributed by atoms with Crippen LogP contribution >= 0.6 is 0 Å². The number of rotatable bonds is 0. The smallest absolute Gasteiger partial charge is 0.174 e. The molecule has 98 valence electrons. The third-order valence-corrected chi connectivity index (χ3v) is 3.93. The highest BCUT2D eigenvalue weighted by Crippen LogP contribution is 2.33. The maximum atomic E-state index is 4.76. The second kappa shape index (κ2) is 3.76. The van der Waals surface area contributed by atoms with E-state index in [1.165, 1.54) is 10.8 Å². The van der Waals surface area contributed by atoms with Gasteiger partial charge in [0.2, 0.25) is 0 Å². The molecule has 2 aromatic heterocycles. The van der Waals surface area contributed by atoms with Crippen molar-refractivity contribution in [3.8, 4) is 0 Å². The van der Waals surface area contributed by atoms with E-state index in [2.05, 4.69) is 46.6 Å². The highest BCUT2D eigenvalue weighted by molar-refractivity contribution is 6.23. The SMILES string of the molecule is c1ccc2c(c1)c1ccccc1c1nc3[nH]ncc3nc21. The van der Waals surface area contributed by atoms with Crippen molar-refractivity contribution >= 4 is 43.7 Å². The number of hydrogen-bond donors (Lipinski definition) is 1. The van der Waals surface area contributed by atoms with Crippen LogP contribution in [-0.2, 0) is 0 Å². The van der Waals surface area contributed by atoms with Crippen LogP contribution in [0.2, 0.25) is 0 Å². The van der Waals surface area contributed by atoms with Gasteiger partial charge in [0.15, 0.2) is 5.65 Å². The number of benzene rings is 3. The maximum absolute atomic E-state index is 4.76. The van der Waals surface area contributed by atoms with Crippen molar-refractivity contribution in [2.75, 3.05) is 0 Å². The van der Waals surface area contributed by atoms with Crippen molar-refractivity contribution in [1.29, 1.82) is 0 Å². The molecule has 0 saturated carbocycles. The minimum atomic E-state index is 0.725. The van der Waals surface area contributed by atoms with Crippen molar-refractivity contribution in [3.63, 3.8) is 0 Å². The number of nitrogens with zero attached hydrogens (tertiary/aromatic N) is 3. The van der Waals surface area contributed by atoms with Gasteiger partial charge in [-0.1, -0.05) is 48.5 Å². The molecule has 0 unspecified atom stereocenters. The van der Waals surface area contributed by atoms with Crippen LogP contribution in [0.5, 0.6) is 0 Å². The van der Waals surface area contributed by atoms with Gasteiger partial charge in [-0.25, -0.2) is 9.97 Å². The average Bonchev–Trinajstić information content (AvgIpc) is 3.01. The van der Waals surface area contributed by atoms with E-state index >= 15 is 0 Å². The summed E-state index contributed by atoms with van der Waals surface area (Å²) < 4.78 is 0. The lowest BCUT2D eigenvalue weighted by atomic mass is 10.00. The van der Waals surface area contributed by atoms with Gasteiger partial charge in [-0.2, -0.15) is 5.10 Å². The van der Waals surface area contributed by atoms with Gasteiger partial charge in [-0.15, -0.1) is 0 Å². The lowest BCUT2D eigenvalue weighted by molar-refractivity contribution is 1.10. The molecule has 0 atom stereocenters. The van der Waals surface area contributed by atoms with E-state index in [1.54, 1.807) is 6.20 Å². The molecule has 4 heteroatoms. The third-order valence-electron chi connectivity index (χ3n) is 3.93. The van der Waals surface area contributed by atoms with Gasteiger partial charge in [0, 0.05) is 10.8 Å². The fourth-order valence-electron chi connectivity index (χ4n) is 3.00. The third kappa shape index (κ3) is 1.36. The van der Waals surface area contributed by atoms with Gasteiger partial charge in [0.05, 0.1) is 17.2 Å². The van der Waals surface area contributed by atoms with E-state index in [0.29, 0.717) is 0 Å². The summed E-state index contributed by atoms with van der Waals surface area (Å²) in [7, 11) is 0. The Labute approximate surface area is 119 Å². The van der Waals surface area contributed by atoms with Crippen molar-refractivity contribution < 1.29 is 0 Å². The summed E-state index contributed by atoms with van der Waals surface area (Å²) in [5.41, 5.74) is 3.37. The molecule has 0 spiro atoms. The summed E-state index contributed by atoms with van der Waals surface area (Å²) in [5.74, 6) is 0. The van der Waals surface area contributed by atoms with Gasteiger partial charge in [-0.05, 0) is 10.8 Å². The van der Waals surface area contributed by atoms with Crippen LogP contribution in [0.3, 0.4) is 0 Å². The normalized spacial score (nSPS) is 11.8. The Morgan fingerprint density at radius 3 is 1.90 bits per heavy atom. The minimum absolute atomic E-state index is 0.725. The predicted octanol–water partition coefficient (Wildman–Crippen LogP) is 3.81. The summed E-state index contributed by atoms with van der Waals surface area (Å²) >= 11 is 0. The molecule has 4 nitrogen and oxygen atoms in total. The molecule has 0 radical (unpaired) electrons. The molecule has 0 fully saturated rings. The van der Waals surface area contributed by atoms with E-state index in [4.69, 9.17) is 9.97 Å². The summed E-state index contributed by atoms with van der Waals surface area (Å²) in [5, 5.41) is 11.6. The van der Waals surface area contributed by atoms with Crippen molar-refractivity contribution in [3.05, 3.63) is 54.7 Å². The average molecular weight is 270 g/mol. The molecule has 0 aliphatic carbocycles. The quantitative estimate of drug-likeness (QED) is 0.435. The van der Waals surface area contributed by atoms with Crippen LogP contribution in [0.15, 0.2) is 54.7 Å². The molecule has 0 saturated heterocycles. The number of nitrogens with one attached hydrogen (secondary N) is 1. The fourth-order valence-corrected chi connectivity index (χ4v) is 3.00. The summed E-state index contributed by atoms with van der Waals surface area (Å²) in [6.07, 6.45) is 1.71. The van der Waals surface area contributed by atoms with Crippen LogP contribution in [0.25, 0.3) is 43.7 Å². The monoisotopic (exact) mass is 270 g/mol. The standard InChI is InChI=1S/C17H10N4/c1-3-7-12-10(5-1)11-6-2-4-8-13(11)16-15(12)19-14-9-18-21-17(14)20-16/h1-9H,(H,18,20,21). The Kier molecular flexibility index (Phi) is 1.92. The number of H-pyrrole nitrogens is 1. The molecule has 1 N–H and O–H groups in total. The Morgan fingerprint density at radius 2 is 1.24 bits per heavy atom. The van der Waals surface area contributed by atoms with Gasteiger partial charge in [-0.3, -0.25) is 5.10 Å². The van der Waals surface area contributed by atoms with Gasteiger partial charge < -0.3 is 0 Å². The zero-order valence-corrected chi connectivity index (χ0v) is 11.0. The molecule has 5 rings (SSSR count). The van der Waals surface area contributed by atoms with Gasteiger partial charge in [0.1, 0.15) is 5.52 Å². The molecular weight excluding hydrogens is 260 g/mol. The topological polar surface area (TPSA) is 54.5 Å². The highest BCUT2D eigenvalue weighted by Gasteiger charge is 2.11. The first-order valence-electron chi connectivity index (χ1n) is 6.82.